The van der Waals surface area contributed by atoms with Crippen LogP contribution in [-0.2, 0) is 16.3 Å². The number of sulfone groups is 1. The average molecular weight is 436 g/mol. The van der Waals surface area contributed by atoms with Gasteiger partial charge in [0.25, 0.3) is 5.91 Å². The number of anilines is 1. The summed E-state index contributed by atoms with van der Waals surface area (Å²) in [5, 5.41) is 10.2. The topological polar surface area (TPSA) is 102 Å². The molecular formula is C17H14BrN3O4S. The van der Waals surface area contributed by atoms with Crippen LogP contribution in [0.5, 0.6) is 0 Å². The highest BCUT2D eigenvalue weighted by molar-refractivity contribution is 9.10. The molecule has 0 unspecified atom stereocenters. The van der Waals surface area contributed by atoms with Crippen molar-refractivity contribution in [3.05, 3.63) is 70.0 Å². The summed E-state index contributed by atoms with van der Waals surface area (Å²) >= 11 is 3.31. The number of halogens is 1. The summed E-state index contributed by atoms with van der Waals surface area (Å²) in [6, 6.07) is 13.3. The number of nitrogens with zero attached hydrogens (tertiary/aromatic N) is 2. The van der Waals surface area contributed by atoms with Crippen molar-refractivity contribution in [2.75, 3.05) is 11.6 Å². The van der Waals surface area contributed by atoms with Crippen LogP contribution in [0.25, 0.3) is 0 Å². The number of carbonyl (C=O) groups is 1. The third-order valence-corrected chi connectivity index (χ3v) is 5.16. The zero-order valence-electron chi connectivity index (χ0n) is 13.6. The fourth-order valence-electron chi connectivity index (χ4n) is 2.18. The Morgan fingerprint density at radius 3 is 2.35 bits per heavy atom. The lowest BCUT2D eigenvalue weighted by atomic mass is 10.1. The summed E-state index contributed by atoms with van der Waals surface area (Å²) in [6.07, 6.45) is 1.48. The maximum absolute atomic E-state index is 12.1. The summed E-state index contributed by atoms with van der Waals surface area (Å²) in [6.45, 7) is 0. The fourth-order valence-corrected chi connectivity index (χ4v) is 3.07. The van der Waals surface area contributed by atoms with Gasteiger partial charge in [0.15, 0.2) is 9.84 Å². The summed E-state index contributed by atoms with van der Waals surface area (Å²) in [4.78, 5) is 12.4. The van der Waals surface area contributed by atoms with Crippen molar-refractivity contribution >= 4 is 37.7 Å². The Kier molecular flexibility index (Phi) is 5.19. The fraction of sp³-hybridized carbons (Fsp3) is 0.118. The second kappa shape index (κ2) is 7.38. The lowest BCUT2D eigenvalue weighted by Crippen LogP contribution is -2.11. The van der Waals surface area contributed by atoms with Gasteiger partial charge in [-0.2, -0.15) is 0 Å². The first-order chi connectivity index (χ1) is 12.3. The highest BCUT2D eigenvalue weighted by Crippen LogP contribution is 2.16. The molecule has 0 saturated carbocycles. The summed E-state index contributed by atoms with van der Waals surface area (Å²) < 4.78 is 29.2. The molecule has 7 nitrogen and oxygen atoms in total. The lowest BCUT2D eigenvalue weighted by Gasteiger charge is -2.01. The number of hydrogen-bond donors (Lipinski definition) is 1. The predicted octanol–water partition coefficient (Wildman–Crippen LogP) is 3.08. The van der Waals surface area contributed by atoms with E-state index in [1.165, 1.54) is 12.1 Å². The minimum atomic E-state index is -3.23. The van der Waals surface area contributed by atoms with E-state index in [2.05, 4.69) is 31.4 Å². The molecule has 9 heteroatoms. The molecule has 0 aliphatic heterocycles. The van der Waals surface area contributed by atoms with Gasteiger partial charge in [-0.05, 0) is 42.0 Å². The lowest BCUT2D eigenvalue weighted by molar-refractivity contribution is 0.102. The van der Waals surface area contributed by atoms with E-state index in [1.807, 2.05) is 0 Å². The van der Waals surface area contributed by atoms with Crippen molar-refractivity contribution in [1.82, 2.24) is 10.2 Å². The second-order valence-electron chi connectivity index (χ2n) is 5.55. The third kappa shape index (κ3) is 4.55. The molecule has 0 atom stereocenters. The van der Waals surface area contributed by atoms with Crippen LogP contribution in [0.2, 0.25) is 0 Å². The molecule has 1 heterocycles. The van der Waals surface area contributed by atoms with E-state index in [1.54, 1.807) is 36.4 Å². The van der Waals surface area contributed by atoms with Crippen molar-refractivity contribution < 1.29 is 17.6 Å². The normalized spacial score (nSPS) is 11.3. The molecule has 134 valence electrons. The molecule has 1 amide bonds. The SMILES string of the molecule is CS(=O)(=O)c1ccc(Cc2nnc(NC(=O)c3ccc(Br)cc3)o2)cc1. The number of amides is 1. The van der Waals surface area contributed by atoms with E-state index in [9.17, 15) is 13.2 Å². The molecule has 0 aliphatic carbocycles. The number of benzene rings is 2. The number of carbonyl (C=O) groups excluding carboxylic acids is 1. The van der Waals surface area contributed by atoms with Crippen LogP contribution in [0.3, 0.4) is 0 Å². The first kappa shape index (κ1) is 18.3. The Balaban J connectivity index is 1.66. The van der Waals surface area contributed by atoms with Crippen LogP contribution in [0.1, 0.15) is 21.8 Å². The van der Waals surface area contributed by atoms with Gasteiger partial charge in [0.05, 0.1) is 11.3 Å². The summed E-state index contributed by atoms with van der Waals surface area (Å²) in [5.74, 6) is -0.0478. The van der Waals surface area contributed by atoms with Crippen molar-refractivity contribution in [1.29, 1.82) is 0 Å². The molecular weight excluding hydrogens is 422 g/mol. The molecule has 2 aromatic carbocycles. The maximum Gasteiger partial charge on any atom is 0.322 e. The third-order valence-electron chi connectivity index (χ3n) is 3.50. The van der Waals surface area contributed by atoms with E-state index in [0.29, 0.717) is 17.9 Å². The minimum Gasteiger partial charge on any atom is -0.407 e. The van der Waals surface area contributed by atoms with Crippen LogP contribution < -0.4 is 5.32 Å². The molecule has 1 aromatic heterocycles. The molecule has 0 aliphatic rings. The second-order valence-corrected chi connectivity index (χ2v) is 8.49. The van der Waals surface area contributed by atoms with Gasteiger partial charge in [-0.1, -0.05) is 33.2 Å². The van der Waals surface area contributed by atoms with E-state index < -0.39 is 9.84 Å². The molecule has 0 bridgehead atoms. The van der Waals surface area contributed by atoms with Gasteiger partial charge in [0, 0.05) is 16.3 Å². The van der Waals surface area contributed by atoms with Crippen molar-refractivity contribution in [3.63, 3.8) is 0 Å². The summed E-state index contributed by atoms with van der Waals surface area (Å²) in [5.41, 5.74) is 1.27. The Bertz CT molecular complexity index is 1030. The monoisotopic (exact) mass is 435 g/mol. The standard InChI is InChI=1S/C17H14BrN3O4S/c1-26(23,24)14-8-2-11(3-9-14)10-15-20-21-17(25-15)19-16(22)12-4-6-13(18)7-5-12/h2-9H,10H2,1H3,(H,19,21,22). The van der Waals surface area contributed by atoms with Gasteiger partial charge in [0.1, 0.15) is 0 Å². The van der Waals surface area contributed by atoms with Gasteiger partial charge in [-0.3, -0.25) is 10.1 Å². The van der Waals surface area contributed by atoms with Gasteiger partial charge in [-0.25, -0.2) is 8.42 Å². The molecule has 0 radical (unpaired) electrons. The zero-order valence-corrected chi connectivity index (χ0v) is 16.0. The predicted molar refractivity (Wildman–Crippen MR) is 98.8 cm³/mol. The van der Waals surface area contributed by atoms with Gasteiger partial charge in [0.2, 0.25) is 5.89 Å². The van der Waals surface area contributed by atoms with E-state index >= 15 is 0 Å². The smallest absolute Gasteiger partial charge is 0.322 e. The molecule has 0 spiro atoms. The van der Waals surface area contributed by atoms with Gasteiger partial charge >= 0.3 is 6.01 Å². The van der Waals surface area contributed by atoms with Crippen LogP contribution in [0, 0.1) is 0 Å². The van der Waals surface area contributed by atoms with Crippen molar-refractivity contribution in [2.45, 2.75) is 11.3 Å². The number of aromatic nitrogens is 2. The largest absolute Gasteiger partial charge is 0.407 e. The zero-order chi connectivity index (χ0) is 18.7. The highest BCUT2D eigenvalue weighted by atomic mass is 79.9. The first-order valence-corrected chi connectivity index (χ1v) is 10.2. The molecule has 3 aromatic rings. The minimum absolute atomic E-state index is 0.000625. The number of hydrogen-bond acceptors (Lipinski definition) is 6. The van der Waals surface area contributed by atoms with Gasteiger partial charge < -0.3 is 4.42 Å². The quantitative estimate of drug-likeness (QED) is 0.660. The Morgan fingerprint density at radius 1 is 1.08 bits per heavy atom. The Hall–Kier alpha value is -2.52. The Morgan fingerprint density at radius 2 is 1.73 bits per heavy atom. The highest BCUT2D eigenvalue weighted by Gasteiger charge is 2.13. The van der Waals surface area contributed by atoms with E-state index in [-0.39, 0.29) is 16.8 Å². The molecule has 1 N–H and O–H groups in total. The molecule has 3 rings (SSSR count). The van der Waals surface area contributed by atoms with E-state index in [4.69, 9.17) is 4.42 Å². The van der Waals surface area contributed by atoms with Crippen LogP contribution in [0.4, 0.5) is 6.01 Å². The van der Waals surface area contributed by atoms with E-state index in [0.717, 1.165) is 16.3 Å². The summed E-state index contributed by atoms with van der Waals surface area (Å²) in [7, 11) is -3.23. The van der Waals surface area contributed by atoms with Crippen LogP contribution in [-0.4, -0.2) is 30.8 Å². The average Bonchev–Trinajstić information content (AvgIpc) is 3.02. The van der Waals surface area contributed by atoms with Crippen LogP contribution >= 0.6 is 15.9 Å². The van der Waals surface area contributed by atoms with Gasteiger partial charge in [-0.15, -0.1) is 5.10 Å². The molecule has 0 fully saturated rings. The number of rotatable bonds is 5. The van der Waals surface area contributed by atoms with Crippen molar-refractivity contribution in [2.24, 2.45) is 0 Å². The first-order valence-electron chi connectivity index (χ1n) is 7.49. The molecule has 26 heavy (non-hydrogen) atoms. The number of nitrogens with one attached hydrogen (secondary N) is 1. The Labute approximate surface area is 158 Å². The van der Waals surface area contributed by atoms with Crippen molar-refractivity contribution in [3.8, 4) is 0 Å². The maximum atomic E-state index is 12.1. The molecule has 0 saturated heterocycles. The van der Waals surface area contributed by atoms with Crippen LogP contribution in [0.15, 0.2) is 62.3 Å².